The second kappa shape index (κ2) is 19.3. The molecule has 7 rings (SSSR count). The van der Waals surface area contributed by atoms with Crippen molar-refractivity contribution in [3.63, 3.8) is 0 Å². The molecule has 0 spiro atoms. The van der Waals surface area contributed by atoms with E-state index in [1.807, 2.05) is 30.3 Å². The highest BCUT2D eigenvalue weighted by Gasteiger charge is 2.46. The second-order valence-electron chi connectivity index (χ2n) is 16.1. The lowest BCUT2D eigenvalue weighted by Crippen LogP contribution is -2.54. The van der Waals surface area contributed by atoms with Gasteiger partial charge in [-0.3, -0.25) is 53.9 Å². The van der Waals surface area contributed by atoms with Crippen LogP contribution >= 0.6 is 11.8 Å². The predicted molar refractivity (Wildman–Crippen MR) is 223 cm³/mol. The maximum Gasteiger partial charge on any atom is 0.266 e. The number of unbranched alkanes of at least 4 members (excludes halogenated alkanes) is 1. The number of rotatable bonds is 18. The fraction of sp³-hybridized carbons (Fsp3) is 0.512. The fourth-order valence-corrected chi connectivity index (χ4v) is 10.1. The zero-order chi connectivity index (χ0) is 44.1. The predicted octanol–water partition coefficient (Wildman–Crippen LogP) is -0.251. The van der Waals surface area contributed by atoms with E-state index in [1.54, 1.807) is 11.8 Å². The Morgan fingerprint density at radius 1 is 0.952 bits per heavy atom. The van der Waals surface area contributed by atoms with Gasteiger partial charge in [-0.1, -0.05) is 36.4 Å². The molecule has 0 radical (unpaired) electrons. The van der Waals surface area contributed by atoms with E-state index in [0.717, 1.165) is 22.5 Å². The molecule has 7 atom stereocenters. The van der Waals surface area contributed by atoms with Crippen LogP contribution in [0, 0.1) is 17.8 Å². The van der Waals surface area contributed by atoms with Gasteiger partial charge in [0.25, 0.3) is 17.7 Å². The van der Waals surface area contributed by atoms with Gasteiger partial charge in [-0.15, -0.1) is 11.8 Å². The lowest BCUT2D eigenvalue weighted by atomic mass is 10.0. The number of nitrogens with one attached hydrogen (secondary N) is 6. The number of carbonyl (C=O) groups is 8. The minimum Gasteiger partial charge on any atom is -0.483 e. The van der Waals surface area contributed by atoms with E-state index in [4.69, 9.17) is 4.74 Å². The first-order chi connectivity index (χ1) is 29.7. The van der Waals surface area contributed by atoms with Crippen molar-refractivity contribution >= 4 is 69.0 Å². The SMILES string of the molecule is CS(=O)(=O)N1CCC(C(=O)N[C@@H](CCCCNC(=O)C2CC2CNC(=O)COc2cccc3c2C(=O)N(C2CCC(=O)NC2=O)C3=O)C(=O)NC2NC(c3ccccc3)CS2)C1. The molecule has 2 aromatic carbocycles. The molecule has 0 aromatic heterocycles. The molecular formula is C41H50N8O11S2. The zero-order valence-electron chi connectivity index (χ0n) is 34.1. The Morgan fingerprint density at radius 2 is 1.74 bits per heavy atom. The number of benzene rings is 2. The summed E-state index contributed by atoms with van der Waals surface area (Å²) in [6.07, 6.45) is 3.33. The van der Waals surface area contributed by atoms with Crippen molar-refractivity contribution in [3.05, 3.63) is 65.2 Å². The highest BCUT2D eigenvalue weighted by molar-refractivity contribution is 8.00. The van der Waals surface area contributed by atoms with Gasteiger partial charge in [-0.2, -0.15) is 0 Å². The van der Waals surface area contributed by atoms with E-state index in [-0.39, 0.29) is 90.4 Å². The van der Waals surface area contributed by atoms with Crippen LogP contribution in [0.2, 0.25) is 0 Å². The van der Waals surface area contributed by atoms with Crippen LogP contribution in [-0.2, 0) is 38.8 Å². The first kappa shape index (κ1) is 44.7. The van der Waals surface area contributed by atoms with Crippen LogP contribution in [0.15, 0.2) is 48.5 Å². The summed E-state index contributed by atoms with van der Waals surface area (Å²) in [5.74, 6) is -4.31. The summed E-state index contributed by atoms with van der Waals surface area (Å²) in [5, 5.41) is 17.1. The normalized spacial score (nSPS) is 25.1. The molecular weight excluding hydrogens is 845 g/mol. The number of fused-ring (bicyclic) bond motifs is 1. The molecule has 5 aliphatic rings. The smallest absolute Gasteiger partial charge is 0.266 e. The molecule has 4 fully saturated rings. The molecule has 3 saturated heterocycles. The molecule has 1 saturated carbocycles. The van der Waals surface area contributed by atoms with E-state index >= 15 is 0 Å². The summed E-state index contributed by atoms with van der Waals surface area (Å²) in [6, 6.07) is 12.3. The lowest BCUT2D eigenvalue weighted by Gasteiger charge is -2.27. The third-order valence-electron chi connectivity index (χ3n) is 11.7. The van der Waals surface area contributed by atoms with Crippen molar-refractivity contribution in [2.24, 2.45) is 17.8 Å². The molecule has 62 heavy (non-hydrogen) atoms. The summed E-state index contributed by atoms with van der Waals surface area (Å²) >= 11 is 1.55. The Morgan fingerprint density at radius 3 is 2.48 bits per heavy atom. The molecule has 6 unspecified atom stereocenters. The van der Waals surface area contributed by atoms with Gasteiger partial charge in [0, 0.05) is 50.3 Å². The number of amides is 8. The summed E-state index contributed by atoms with van der Waals surface area (Å²) in [5.41, 5.74) is 0.688. The number of thioether (sulfide) groups is 1. The van der Waals surface area contributed by atoms with Gasteiger partial charge in [0.05, 0.1) is 23.3 Å². The molecule has 4 aliphatic heterocycles. The fourth-order valence-electron chi connectivity index (χ4n) is 8.12. The van der Waals surface area contributed by atoms with Crippen LogP contribution in [-0.4, -0.2) is 127 Å². The molecule has 2 aromatic rings. The van der Waals surface area contributed by atoms with E-state index < -0.39 is 64.2 Å². The van der Waals surface area contributed by atoms with E-state index in [1.165, 1.54) is 22.5 Å². The number of carbonyl (C=O) groups excluding carboxylic acids is 8. The van der Waals surface area contributed by atoms with Gasteiger partial charge in [0.15, 0.2) is 6.61 Å². The maximum absolute atomic E-state index is 13.6. The average Bonchev–Trinajstić information content (AvgIpc) is 3.50. The monoisotopic (exact) mass is 894 g/mol. The summed E-state index contributed by atoms with van der Waals surface area (Å²) in [4.78, 5) is 104. The second-order valence-corrected chi connectivity index (χ2v) is 19.2. The largest absolute Gasteiger partial charge is 0.483 e. The van der Waals surface area contributed by atoms with E-state index in [2.05, 4.69) is 31.9 Å². The van der Waals surface area contributed by atoms with Crippen LogP contribution < -0.4 is 36.6 Å². The number of hydrogen-bond donors (Lipinski definition) is 6. The molecule has 19 nitrogen and oxygen atoms in total. The van der Waals surface area contributed by atoms with E-state index in [9.17, 15) is 46.8 Å². The molecule has 21 heteroatoms. The molecule has 332 valence electrons. The third kappa shape index (κ3) is 10.6. The summed E-state index contributed by atoms with van der Waals surface area (Å²) in [6.45, 7) is 0.368. The van der Waals surface area contributed by atoms with Crippen molar-refractivity contribution in [1.29, 1.82) is 0 Å². The van der Waals surface area contributed by atoms with Gasteiger partial charge in [-0.05, 0) is 62.1 Å². The number of ether oxygens (including phenoxy) is 1. The minimum absolute atomic E-state index is 0.000330. The van der Waals surface area contributed by atoms with Crippen LogP contribution in [0.25, 0.3) is 0 Å². The minimum atomic E-state index is -3.45. The van der Waals surface area contributed by atoms with Gasteiger partial charge >= 0.3 is 0 Å². The molecule has 6 N–H and O–H groups in total. The summed E-state index contributed by atoms with van der Waals surface area (Å²) < 4.78 is 31.0. The van der Waals surface area contributed by atoms with Crippen LogP contribution in [0.5, 0.6) is 5.75 Å². The number of piperidine rings is 1. The van der Waals surface area contributed by atoms with Gasteiger partial charge in [-0.25, -0.2) is 12.7 Å². The van der Waals surface area contributed by atoms with Gasteiger partial charge in [0.2, 0.25) is 39.6 Å². The van der Waals surface area contributed by atoms with E-state index in [0.29, 0.717) is 38.6 Å². The number of sulfonamides is 1. The van der Waals surface area contributed by atoms with Crippen molar-refractivity contribution in [2.75, 3.05) is 44.8 Å². The molecule has 8 amide bonds. The number of nitrogens with zero attached hydrogens (tertiary/aromatic N) is 2. The maximum atomic E-state index is 13.6. The van der Waals surface area contributed by atoms with Gasteiger partial charge in [0.1, 0.15) is 23.3 Å². The first-order valence-electron chi connectivity index (χ1n) is 20.7. The summed E-state index contributed by atoms with van der Waals surface area (Å²) in [7, 11) is -3.45. The Hall–Kier alpha value is -5.38. The van der Waals surface area contributed by atoms with Crippen molar-refractivity contribution in [1.82, 2.24) is 41.1 Å². The van der Waals surface area contributed by atoms with Crippen molar-refractivity contribution in [2.45, 2.75) is 68.6 Å². The molecule has 0 bridgehead atoms. The molecule has 4 heterocycles. The Kier molecular flexibility index (Phi) is 13.9. The number of imide groups is 2. The quantitative estimate of drug-likeness (QED) is 0.0835. The third-order valence-corrected chi connectivity index (χ3v) is 14.1. The van der Waals surface area contributed by atoms with Crippen molar-refractivity contribution < 1.29 is 51.5 Å². The molecule has 1 aliphatic carbocycles. The highest BCUT2D eigenvalue weighted by Crippen LogP contribution is 2.38. The van der Waals surface area contributed by atoms with Crippen LogP contribution in [0.3, 0.4) is 0 Å². The van der Waals surface area contributed by atoms with Crippen LogP contribution in [0.4, 0.5) is 0 Å². The van der Waals surface area contributed by atoms with Gasteiger partial charge < -0.3 is 26.0 Å². The first-order valence-corrected chi connectivity index (χ1v) is 23.6. The highest BCUT2D eigenvalue weighted by atomic mass is 32.2. The Labute approximate surface area is 362 Å². The van der Waals surface area contributed by atoms with Crippen LogP contribution in [0.1, 0.15) is 77.3 Å². The van der Waals surface area contributed by atoms with Crippen molar-refractivity contribution in [3.8, 4) is 5.75 Å². The Balaban J connectivity index is 0.827. The topological polar surface area (TPSA) is 259 Å². The standard InChI is InChI=1S/C41H50N8O11S2/c1-62(58,59)48-17-15-24(20-48)35(52)44-28(37(54)47-41-45-29(22-61-41)23-8-3-2-4-9-23)11-5-6-16-42-36(53)27-18-25(27)19-43-33(51)21-60-31-12-7-10-26-34(31)40(57)49(39(26)56)30-13-14-32(50)46-38(30)55/h2-4,7-10,12,24-25,27-30,41,45H,5-6,11,13-22H2,1H3,(H,42,53)(H,43,51)(H,44,52)(H,47,54)(H,46,50,55)/t24?,25?,27?,28-,29?,30?,41?/m0/s1. The Bertz CT molecular complexity index is 2230. The lowest BCUT2D eigenvalue weighted by molar-refractivity contribution is -0.136. The average molecular weight is 895 g/mol. The number of hydrogen-bond acceptors (Lipinski definition) is 13. The zero-order valence-corrected chi connectivity index (χ0v) is 35.7.